The van der Waals surface area contributed by atoms with Crippen LogP contribution < -0.4 is 10.1 Å². The summed E-state index contributed by atoms with van der Waals surface area (Å²) in [6.45, 7) is 5.50. The molecule has 3 aliphatic carbocycles. The summed E-state index contributed by atoms with van der Waals surface area (Å²) in [4.78, 5) is 27.8. The van der Waals surface area contributed by atoms with Crippen molar-refractivity contribution in [2.75, 3.05) is 12.7 Å². The van der Waals surface area contributed by atoms with Crippen LogP contribution in [0.1, 0.15) is 47.7 Å². The van der Waals surface area contributed by atoms with E-state index in [-0.39, 0.29) is 29.3 Å². The largest absolute Gasteiger partial charge is 0.480 e. The van der Waals surface area contributed by atoms with Gasteiger partial charge in [-0.25, -0.2) is 0 Å². The molecule has 5 aliphatic rings. The number of hydrogen-bond acceptors (Lipinski definition) is 5. The van der Waals surface area contributed by atoms with Crippen molar-refractivity contribution >= 4 is 31.5 Å². The van der Waals surface area contributed by atoms with Crippen molar-refractivity contribution in [3.63, 3.8) is 0 Å². The van der Waals surface area contributed by atoms with Gasteiger partial charge in [-0.15, -0.1) is 0 Å². The lowest BCUT2D eigenvalue weighted by molar-refractivity contribution is -0.165. The Bertz CT molecular complexity index is 1180. The average molecular weight is 501 g/mol. The van der Waals surface area contributed by atoms with Crippen molar-refractivity contribution in [2.45, 2.75) is 68.1 Å². The Hall–Kier alpha value is -2.36. The lowest BCUT2D eigenvalue weighted by Crippen LogP contribution is -2.79. The van der Waals surface area contributed by atoms with E-state index < -0.39 is 20.3 Å². The normalized spacial score (nSPS) is 32.8. The highest BCUT2D eigenvalue weighted by atomic mass is 35.5. The number of aliphatic hydroxyl groups excluding tert-OH is 1. The molecular formula is C24H29ClN4O4Si. The highest BCUT2D eigenvalue weighted by molar-refractivity contribution is 6.78. The fourth-order valence-electron chi connectivity index (χ4n) is 6.19. The van der Waals surface area contributed by atoms with E-state index in [0.29, 0.717) is 21.9 Å². The van der Waals surface area contributed by atoms with Gasteiger partial charge in [0.2, 0.25) is 0 Å². The van der Waals surface area contributed by atoms with E-state index in [1.54, 1.807) is 24.4 Å². The van der Waals surface area contributed by atoms with Crippen LogP contribution in [0.4, 0.5) is 0 Å². The van der Waals surface area contributed by atoms with Crippen molar-refractivity contribution < 1.29 is 19.4 Å². The van der Waals surface area contributed by atoms with Gasteiger partial charge in [0.05, 0.1) is 31.5 Å². The number of carbonyl (C=O) groups excluding carboxylic acids is 2. The molecule has 7 rings (SSSR count). The van der Waals surface area contributed by atoms with E-state index in [1.807, 2.05) is 15.8 Å². The first-order chi connectivity index (χ1) is 16.1. The third kappa shape index (κ3) is 3.47. The van der Waals surface area contributed by atoms with E-state index in [1.165, 1.54) is 0 Å². The third-order valence-corrected chi connectivity index (χ3v) is 11.1. The average Bonchev–Trinajstić information content (AvgIpc) is 3.36. The Morgan fingerprint density at radius 2 is 2.06 bits per heavy atom. The first kappa shape index (κ1) is 22.1. The summed E-state index contributed by atoms with van der Waals surface area (Å²) in [6.07, 6.45) is 5.49. The zero-order valence-electron chi connectivity index (χ0n) is 19.4. The smallest absolute Gasteiger partial charge is 0.261 e. The molecule has 2 bridgehead atoms. The van der Waals surface area contributed by atoms with Crippen LogP contribution in [0.3, 0.4) is 0 Å². The zero-order valence-corrected chi connectivity index (χ0v) is 21.1. The van der Waals surface area contributed by atoms with Crippen molar-refractivity contribution in [3.8, 4) is 5.75 Å². The van der Waals surface area contributed by atoms with Crippen LogP contribution in [0.2, 0.25) is 24.2 Å². The lowest BCUT2D eigenvalue weighted by atomic mass is 9.44. The van der Waals surface area contributed by atoms with E-state index in [4.69, 9.17) is 16.3 Å². The van der Waals surface area contributed by atoms with Gasteiger partial charge in [-0.2, -0.15) is 5.10 Å². The molecule has 2 amide bonds. The minimum atomic E-state index is -1.28. The van der Waals surface area contributed by atoms with Crippen LogP contribution in [0, 0.1) is 0 Å². The van der Waals surface area contributed by atoms with E-state index >= 15 is 0 Å². The second-order valence-electron chi connectivity index (χ2n) is 11.4. The van der Waals surface area contributed by atoms with Gasteiger partial charge >= 0.3 is 0 Å². The first-order valence-corrected chi connectivity index (χ1v) is 15.7. The maximum atomic E-state index is 12.9. The predicted octanol–water partition coefficient (Wildman–Crippen LogP) is 2.87. The van der Waals surface area contributed by atoms with Gasteiger partial charge in [-0.05, 0) is 43.5 Å². The van der Waals surface area contributed by atoms with Crippen molar-refractivity contribution in [2.24, 2.45) is 0 Å². The predicted molar refractivity (Wildman–Crippen MR) is 129 cm³/mol. The summed E-state index contributed by atoms with van der Waals surface area (Å²) in [5.74, 6) is 0.369. The molecule has 1 aromatic carbocycles. The molecule has 0 spiro atoms. The summed E-state index contributed by atoms with van der Waals surface area (Å²) in [6, 6.07) is 6.21. The number of benzene rings is 1. The Kier molecular flexibility index (Phi) is 4.76. The fourth-order valence-corrected chi connectivity index (χ4v) is 8.74. The maximum Gasteiger partial charge on any atom is 0.261 e. The molecule has 180 valence electrons. The van der Waals surface area contributed by atoms with Gasteiger partial charge in [-0.1, -0.05) is 24.7 Å². The SMILES string of the molecule is C[Si]1(C)CCN(C(=O)c2cnn(C34CC(NC(=O)C5C[C@@H](O)c6cc(Cl)ccc6O5)(C3)C4)c2)C1. The number of carbonyl (C=O) groups is 2. The molecule has 1 aromatic heterocycles. The summed E-state index contributed by atoms with van der Waals surface area (Å²) in [7, 11) is -1.28. The summed E-state index contributed by atoms with van der Waals surface area (Å²) in [5, 5.41) is 18.7. The lowest BCUT2D eigenvalue weighted by Gasteiger charge is -2.70. The molecular weight excluding hydrogens is 472 g/mol. The van der Waals surface area contributed by atoms with E-state index in [0.717, 1.165) is 38.0 Å². The van der Waals surface area contributed by atoms with Crippen LogP contribution in [-0.4, -0.2) is 64.0 Å². The van der Waals surface area contributed by atoms with Crippen molar-refractivity contribution in [1.82, 2.24) is 20.0 Å². The number of nitrogens with one attached hydrogen (secondary N) is 1. The van der Waals surface area contributed by atoms with Crippen LogP contribution in [0.5, 0.6) is 5.75 Å². The molecule has 3 saturated carbocycles. The Labute approximate surface area is 204 Å². The van der Waals surface area contributed by atoms with Crippen LogP contribution >= 0.6 is 11.6 Å². The van der Waals surface area contributed by atoms with Crippen LogP contribution in [0.25, 0.3) is 0 Å². The topological polar surface area (TPSA) is 96.7 Å². The Balaban J connectivity index is 1.07. The second kappa shape index (κ2) is 7.32. The molecule has 3 heterocycles. The summed E-state index contributed by atoms with van der Waals surface area (Å²) in [5.41, 5.74) is 0.885. The van der Waals surface area contributed by atoms with Crippen molar-refractivity contribution in [3.05, 3.63) is 46.7 Å². The van der Waals surface area contributed by atoms with Gasteiger partial charge < -0.3 is 20.1 Å². The number of rotatable bonds is 4. The standard InChI is InChI=1S/C24H29ClN4O4Si/c1-34(2)6-5-28(14-34)22(32)15-9-26-29(10-15)24-11-23(12-24,13-24)27-21(31)20-8-18(30)17-7-16(25)3-4-19(17)33-20/h3-4,7,9-10,18,20,30H,5-6,8,11-14H2,1-2H3,(H,27,31)/t18-,20?,23?,24?/m1/s1. The van der Waals surface area contributed by atoms with Gasteiger partial charge in [0.15, 0.2) is 6.10 Å². The minimum absolute atomic E-state index is 0.0773. The molecule has 34 heavy (non-hydrogen) atoms. The molecule has 2 N–H and O–H groups in total. The molecule has 2 aromatic rings. The summed E-state index contributed by atoms with van der Waals surface area (Å²) < 4.78 is 7.79. The fraction of sp³-hybridized carbons (Fsp3) is 0.542. The van der Waals surface area contributed by atoms with Gasteiger partial charge in [0.1, 0.15) is 5.75 Å². The molecule has 2 atom stereocenters. The molecule has 1 saturated heterocycles. The molecule has 4 fully saturated rings. The van der Waals surface area contributed by atoms with Crippen LogP contribution in [0.15, 0.2) is 30.6 Å². The van der Waals surface area contributed by atoms with Crippen LogP contribution in [-0.2, 0) is 10.3 Å². The number of hydrogen-bond donors (Lipinski definition) is 2. The van der Waals surface area contributed by atoms with Crippen molar-refractivity contribution in [1.29, 1.82) is 0 Å². The number of halogens is 1. The number of ether oxygens (including phenoxy) is 1. The van der Waals surface area contributed by atoms with E-state index in [2.05, 4.69) is 23.5 Å². The maximum absolute atomic E-state index is 12.9. The second-order valence-corrected chi connectivity index (χ2v) is 17.0. The monoisotopic (exact) mass is 500 g/mol. The molecule has 0 radical (unpaired) electrons. The Morgan fingerprint density at radius 3 is 2.76 bits per heavy atom. The van der Waals surface area contributed by atoms with Gasteiger partial charge in [0, 0.05) is 41.5 Å². The Morgan fingerprint density at radius 1 is 1.29 bits per heavy atom. The highest BCUT2D eigenvalue weighted by Crippen LogP contribution is 2.65. The number of aromatic nitrogens is 2. The minimum Gasteiger partial charge on any atom is -0.480 e. The quantitative estimate of drug-likeness (QED) is 0.629. The molecule has 2 aliphatic heterocycles. The molecule has 8 nitrogen and oxygen atoms in total. The highest BCUT2D eigenvalue weighted by Gasteiger charge is 2.70. The molecule has 10 heteroatoms. The van der Waals surface area contributed by atoms with Gasteiger partial charge in [0.25, 0.3) is 11.8 Å². The molecule has 1 unspecified atom stereocenters. The number of aliphatic hydroxyl groups is 1. The van der Waals surface area contributed by atoms with E-state index in [9.17, 15) is 14.7 Å². The zero-order chi connectivity index (χ0) is 23.9. The first-order valence-electron chi connectivity index (χ1n) is 11.9. The third-order valence-electron chi connectivity index (χ3n) is 8.00. The van der Waals surface area contributed by atoms with Gasteiger partial charge in [-0.3, -0.25) is 14.3 Å². The number of nitrogens with zero attached hydrogens (tertiary/aromatic N) is 3. The number of fused-ring (bicyclic) bond motifs is 1. The number of amides is 2. The summed E-state index contributed by atoms with van der Waals surface area (Å²) >= 11 is 6.01.